The average Bonchev–Trinajstić information content (AvgIpc) is 3.22. The summed E-state index contributed by atoms with van der Waals surface area (Å²) in [5.41, 5.74) is -1.24. The number of carbonyl (C=O) groups excluding carboxylic acids is 1. The van der Waals surface area contributed by atoms with Crippen molar-refractivity contribution in [2.45, 2.75) is 30.9 Å². The fourth-order valence-electron chi connectivity index (χ4n) is 3.75. The highest BCUT2D eigenvalue weighted by Crippen LogP contribution is 2.44. The van der Waals surface area contributed by atoms with E-state index in [4.69, 9.17) is 16.3 Å². The summed E-state index contributed by atoms with van der Waals surface area (Å²) in [6.07, 6.45) is -9.82. The lowest BCUT2D eigenvalue weighted by Gasteiger charge is -2.33. The second-order valence-electron chi connectivity index (χ2n) is 7.77. The third-order valence-corrected chi connectivity index (χ3v) is 5.80. The number of rotatable bonds is 4. The van der Waals surface area contributed by atoms with E-state index in [0.29, 0.717) is 22.1 Å². The topological polar surface area (TPSA) is 68.2 Å². The standard InChI is InChI=1S/C22H17ClF6N4O2/c1-35-13-5-2-11(3-6-13)16-9-18(22(27,28)29)33-19(31-16)10-17(32-33)20(34)30-12-4-7-15(23)14(8-12)21(24,25)26/h2-8,10,16,18,31H,9H2,1H3,(H,30,34)/t16-,18+/m1/s1. The van der Waals surface area contributed by atoms with Crippen molar-refractivity contribution >= 4 is 29.0 Å². The molecule has 35 heavy (non-hydrogen) atoms. The fraction of sp³-hybridized carbons (Fsp3) is 0.273. The zero-order chi connectivity index (χ0) is 25.5. The summed E-state index contributed by atoms with van der Waals surface area (Å²) in [4.78, 5) is 12.6. The van der Waals surface area contributed by atoms with Gasteiger partial charge in [0.25, 0.3) is 5.91 Å². The highest BCUT2D eigenvalue weighted by Gasteiger charge is 2.47. The first kappa shape index (κ1) is 24.7. The van der Waals surface area contributed by atoms with E-state index in [-0.39, 0.29) is 11.5 Å². The highest BCUT2D eigenvalue weighted by molar-refractivity contribution is 6.31. The smallest absolute Gasteiger partial charge is 0.417 e. The van der Waals surface area contributed by atoms with Crippen LogP contribution in [0.5, 0.6) is 5.75 Å². The van der Waals surface area contributed by atoms with Gasteiger partial charge in [-0.25, -0.2) is 4.68 Å². The largest absolute Gasteiger partial charge is 0.497 e. The molecule has 0 fully saturated rings. The van der Waals surface area contributed by atoms with Crippen LogP contribution in [-0.4, -0.2) is 29.0 Å². The number of anilines is 2. The van der Waals surface area contributed by atoms with E-state index in [1.165, 1.54) is 7.11 Å². The number of hydrogen-bond acceptors (Lipinski definition) is 4. The summed E-state index contributed by atoms with van der Waals surface area (Å²) in [5.74, 6) is -0.500. The second kappa shape index (κ2) is 8.99. The van der Waals surface area contributed by atoms with E-state index < -0.39 is 53.0 Å². The Morgan fingerprint density at radius 1 is 1.11 bits per heavy atom. The minimum absolute atomic E-state index is 0.0587. The molecule has 1 aromatic heterocycles. The van der Waals surface area contributed by atoms with Crippen LogP contribution < -0.4 is 15.4 Å². The summed E-state index contributed by atoms with van der Waals surface area (Å²) < 4.78 is 86.5. The molecule has 2 atom stereocenters. The average molecular weight is 519 g/mol. The molecule has 2 aromatic carbocycles. The van der Waals surface area contributed by atoms with Crippen LogP contribution in [0.1, 0.15) is 40.1 Å². The minimum atomic E-state index is -4.76. The fourth-order valence-corrected chi connectivity index (χ4v) is 3.98. The Balaban J connectivity index is 1.62. The van der Waals surface area contributed by atoms with Crippen LogP contribution in [0.15, 0.2) is 48.5 Å². The van der Waals surface area contributed by atoms with Gasteiger partial charge in [-0.05, 0) is 35.9 Å². The van der Waals surface area contributed by atoms with E-state index in [1.807, 2.05) is 0 Å². The van der Waals surface area contributed by atoms with E-state index in [0.717, 1.165) is 18.2 Å². The van der Waals surface area contributed by atoms with Gasteiger partial charge in [-0.3, -0.25) is 4.79 Å². The van der Waals surface area contributed by atoms with Gasteiger partial charge in [0.15, 0.2) is 11.7 Å². The Morgan fingerprint density at radius 3 is 2.40 bits per heavy atom. The number of amides is 1. The van der Waals surface area contributed by atoms with Crippen molar-refractivity contribution in [3.8, 4) is 5.75 Å². The van der Waals surface area contributed by atoms with Crippen LogP contribution in [0.2, 0.25) is 5.02 Å². The number of hydrogen-bond donors (Lipinski definition) is 2. The molecule has 2 heterocycles. The molecule has 4 rings (SSSR count). The molecule has 1 amide bonds. The van der Waals surface area contributed by atoms with Gasteiger partial charge in [-0.2, -0.15) is 31.4 Å². The molecule has 0 aliphatic carbocycles. The van der Waals surface area contributed by atoms with Gasteiger partial charge in [0.1, 0.15) is 11.6 Å². The summed E-state index contributed by atoms with van der Waals surface area (Å²) in [7, 11) is 1.46. The number of nitrogens with zero attached hydrogens (tertiary/aromatic N) is 2. The number of aromatic nitrogens is 2. The number of methoxy groups -OCH3 is 1. The summed E-state index contributed by atoms with van der Waals surface area (Å²) in [6, 6.07) is 7.57. The van der Waals surface area contributed by atoms with E-state index >= 15 is 0 Å². The van der Waals surface area contributed by atoms with Crippen molar-refractivity contribution in [1.29, 1.82) is 0 Å². The molecular weight excluding hydrogens is 502 g/mol. The maximum absolute atomic E-state index is 13.9. The first-order valence-corrected chi connectivity index (χ1v) is 10.5. The van der Waals surface area contributed by atoms with Gasteiger partial charge in [0.2, 0.25) is 0 Å². The van der Waals surface area contributed by atoms with Crippen LogP contribution in [-0.2, 0) is 6.18 Å². The molecule has 13 heteroatoms. The summed E-state index contributed by atoms with van der Waals surface area (Å²) in [6.45, 7) is 0. The first-order chi connectivity index (χ1) is 16.4. The lowest BCUT2D eigenvalue weighted by atomic mass is 9.97. The number of carbonyl (C=O) groups is 1. The molecule has 0 saturated heterocycles. The molecule has 2 N–H and O–H groups in total. The minimum Gasteiger partial charge on any atom is -0.497 e. The molecule has 1 aliphatic heterocycles. The maximum Gasteiger partial charge on any atom is 0.417 e. The van der Waals surface area contributed by atoms with Crippen molar-refractivity contribution in [2.24, 2.45) is 0 Å². The van der Waals surface area contributed by atoms with Crippen LogP contribution in [0, 0.1) is 0 Å². The third kappa shape index (κ3) is 5.16. The number of benzene rings is 2. The zero-order valence-corrected chi connectivity index (χ0v) is 18.6. The predicted octanol–water partition coefficient (Wildman–Crippen LogP) is 6.48. The van der Waals surface area contributed by atoms with Crippen LogP contribution in [0.25, 0.3) is 0 Å². The molecule has 186 valence electrons. The van der Waals surface area contributed by atoms with Crippen molar-refractivity contribution in [1.82, 2.24) is 9.78 Å². The number of alkyl halides is 6. The van der Waals surface area contributed by atoms with Gasteiger partial charge >= 0.3 is 12.4 Å². The van der Waals surface area contributed by atoms with Crippen molar-refractivity contribution < 1.29 is 35.9 Å². The van der Waals surface area contributed by atoms with Gasteiger partial charge in [0.05, 0.1) is 23.7 Å². The van der Waals surface area contributed by atoms with Crippen LogP contribution >= 0.6 is 11.6 Å². The Labute approximate surface area is 199 Å². The van der Waals surface area contributed by atoms with Crippen LogP contribution in [0.4, 0.5) is 37.8 Å². The number of fused-ring (bicyclic) bond motifs is 1. The molecular formula is C22H17ClF6N4O2. The van der Waals surface area contributed by atoms with Gasteiger partial charge in [-0.1, -0.05) is 23.7 Å². The number of nitrogens with one attached hydrogen (secondary N) is 2. The van der Waals surface area contributed by atoms with Gasteiger partial charge in [0, 0.05) is 18.2 Å². The Hall–Kier alpha value is -3.41. The third-order valence-electron chi connectivity index (χ3n) is 5.47. The summed E-state index contributed by atoms with van der Waals surface area (Å²) in [5, 5.41) is 8.39. The lowest BCUT2D eigenvalue weighted by Crippen LogP contribution is -2.35. The van der Waals surface area contributed by atoms with Crippen molar-refractivity contribution in [3.63, 3.8) is 0 Å². The van der Waals surface area contributed by atoms with E-state index in [9.17, 15) is 31.1 Å². The SMILES string of the molecule is COc1ccc([C@H]2C[C@@H](C(F)(F)F)n3nc(C(=O)Nc4ccc(Cl)c(C(F)(F)F)c4)cc3N2)cc1. The monoisotopic (exact) mass is 518 g/mol. The molecule has 0 saturated carbocycles. The summed E-state index contributed by atoms with van der Waals surface area (Å²) >= 11 is 5.57. The molecule has 1 aliphatic rings. The van der Waals surface area contributed by atoms with Gasteiger partial charge < -0.3 is 15.4 Å². The van der Waals surface area contributed by atoms with Crippen molar-refractivity contribution in [3.05, 3.63) is 70.4 Å². The Kier molecular flexibility index (Phi) is 6.34. The van der Waals surface area contributed by atoms with Gasteiger partial charge in [-0.15, -0.1) is 0 Å². The number of ether oxygens (including phenoxy) is 1. The number of halogens is 7. The van der Waals surface area contributed by atoms with Crippen molar-refractivity contribution in [2.75, 3.05) is 17.7 Å². The molecule has 0 spiro atoms. The lowest BCUT2D eigenvalue weighted by molar-refractivity contribution is -0.173. The molecule has 0 unspecified atom stereocenters. The highest BCUT2D eigenvalue weighted by atomic mass is 35.5. The Bertz CT molecular complexity index is 1240. The Morgan fingerprint density at radius 2 is 1.80 bits per heavy atom. The zero-order valence-electron chi connectivity index (χ0n) is 17.8. The van der Waals surface area contributed by atoms with Crippen LogP contribution in [0.3, 0.4) is 0 Å². The molecule has 0 bridgehead atoms. The molecule has 3 aromatic rings. The predicted molar refractivity (Wildman–Crippen MR) is 116 cm³/mol. The van der Waals surface area contributed by atoms with E-state index in [1.54, 1.807) is 24.3 Å². The molecule has 0 radical (unpaired) electrons. The first-order valence-electron chi connectivity index (χ1n) is 10.1. The molecule has 6 nitrogen and oxygen atoms in total. The quantitative estimate of drug-likeness (QED) is 0.388. The second-order valence-corrected chi connectivity index (χ2v) is 8.18. The normalized spacial score (nSPS) is 17.9. The maximum atomic E-state index is 13.9. The van der Waals surface area contributed by atoms with E-state index in [2.05, 4.69) is 15.7 Å².